The monoisotopic (exact) mass is 464 g/mol. The van der Waals surface area contributed by atoms with Gasteiger partial charge < -0.3 is 24.8 Å². The average molecular weight is 465 g/mol. The highest BCUT2D eigenvalue weighted by atomic mass is 16.5. The quantitative estimate of drug-likeness (QED) is 0.463. The molecule has 2 N–H and O–H groups in total. The highest BCUT2D eigenvalue weighted by Crippen LogP contribution is 2.34. The van der Waals surface area contributed by atoms with Crippen molar-refractivity contribution >= 4 is 34.7 Å². The van der Waals surface area contributed by atoms with E-state index in [0.717, 1.165) is 34.6 Å². The summed E-state index contributed by atoms with van der Waals surface area (Å²) in [5, 5.41) is 17.5. The molecule has 1 aliphatic heterocycles. The number of likely N-dealkylation sites (N-methyl/N-ethyl adjacent to an activating group) is 1. The van der Waals surface area contributed by atoms with Gasteiger partial charge in [0.2, 0.25) is 0 Å². The Bertz CT molecular complexity index is 1180. The van der Waals surface area contributed by atoms with Crippen molar-refractivity contribution in [3.05, 3.63) is 48.3 Å². The molecule has 1 unspecified atom stereocenters. The molecule has 34 heavy (non-hydrogen) atoms. The highest BCUT2D eigenvalue weighted by molar-refractivity contribution is 5.82. The Kier molecular flexibility index (Phi) is 6.95. The molecule has 10 nitrogen and oxygen atoms in total. The molecule has 0 spiro atoms. The predicted octanol–water partition coefficient (Wildman–Crippen LogP) is 3.46. The van der Waals surface area contributed by atoms with E-state index in [4.69, 9.17) is 19.6 Å². The zero-order chi connectivity index (χ0) is 24.1. The third-order valence-electron chi connectivity index (χ3n) is 5.62. The summed E-state index contributed by atoms with van der Waals surface area (Å²) in [6.45, 7) is 1.67. The van der Waals surface area contributed by atoms with Crippen LogP contribution in [0.4, 0.5) is 16.2 Å². The van der Waals surface area contributed by atoms with E-state index in [2.05, 4.69) is 20.3 Å². The topological polar surface area (TPSA) is 112 Å². The first-order valence-corrected chi connectivity index (χ1v) is 11.0. The van der Waals surface area contributed by atoms with E-state index in [9.17, 15) is 4.79 Å². The van der Waals surface area contributed by atoms with Gasteiger partial charge in [-0.2, -0.15) is 5.10 Å². The van der Waals surface area contributed by atoms with Crippen LogP contribution >= 0.6 is 0 Å². The average Bonchev–Trinajstić information content (AvgIpc) is 3.29. The summed E-state index contributed by atoms with van der Waals surface area (Å²) >= 11 is 0. The maximum absolute atomic E-state index is 10.9. The van der Waals surface area contributed by atoms with Gasteiger partial charge in [-0.15, -0.1) is 0 Å². The summed E-state index contributed by atoms with van der Waals surface area (Å²) in [7, 11) is 5.15. The van der Waals surface area contributed by atoms with Gasteiger partial charge in [0.1, 0.15) is 11.5 Å². The first kappa shape index (κ1) is 23.1. The molecule has 0 aliphatic carbocycles. The number of amides is 1. The van der Waals surface area contributed by atoms with Crippen molar-refractivity contribution in [2.75, 3.05) is 45.8 Å². The summed E-state index contributed by atoms with van der Waals surface area (Å²) < 4.78 is 10.9. The van der Waals surface area contributed by atoms with Crippen LogP contribution in [0.2, 0.25) is 0 Å². The van der Waals surface area contributed by atoms with E-state index in [0.29, 0.717) is 31.0 Å². The van der Waals surface area contributed by atoms with Gasteiger partial charge in [-0.3, -0.25) is 9.99 Å². The fourth-order valence-electron chi connectivity index (χ4n) is 3.89. The fraction of sp³-hybridized carbons (Fsp3) is 0.333. The number of carbonyl (C=O) groups is 1. The molecular weight excluding hydrogens is 436 g/mol. The lowest BCUT2D eigenvalue weighted by Gasteiger charge is -2.26. The molecule has 4 rings (SSSR count). The standard InChI is InChI=1S/C24H28N6O4/c1-29-15-16(13-27-29)23-14-26-21-6-5-17(11-22(21)28-23)30(8-4-7-25-24(31)32)18-9-19(33-2)12-20(10-18)34-3/h5-6,9-14,16,25H,4,7-8,15H2,1-3H3,(H,31,32). The highest BCUT2D eigenvalue weighted by Gasteiger charge is 2.19. The van der Waals surface area contributed by atoms with Gasteiger partial charge >= 0.3 is 6.09 Å². The molecule has 1 aromatic heterocycles. The summed E-state index contributed by atoms with van der Waals surface area (Å²) in [5.41, 5.74) is 4.22. The van der Waals surface area contributed by atoms with E-state index in [1.165, 1.54) is 0 Å². The SMILES string of the molecule is COc1cc(OC)cc(N(CCCNC(=O)O)c2ccc3ncc(C4C=NN(C)C4)nc3c2)c1. The van der Waals surface area contributed by atoms with Crippen molar-refractivity contribution in [3.63, 3.8) is 0 Å². The number of fused-ring (bicyclic) bond motifs is 1. The number of anilines is 2. The lowest BCUT2D eigenvalue weighted by Crippen LogP contribution is -2.26. The minimum atomic E-state index is -1.04. The van der Waals surface area contributed by atoms with Crippen LogP contribution < -0.4 is 19.7 Å². The van der Waals surface area contributed by atoms with Gasteiger partial charge in [-0.25, -0.2) is 9.78 Å². The van der Waals surface area contributed by atoms with Crippen LogP contribution in [0.3, 0.4) is 0 Å². The van der Waals surface area contributed by atoms with Gasteiger partial charge in [0.15, 0.2) is 0 Å². The molecule has 10 heteroatoms. The number of aromatic nitrogens is 2. The minimum absolute atomic E-state index is 0.103. The van der Waals surface area contributed by atoms with E-state index in [-0.39, 0.29) is 5.92 Å². The summed E-state index contributed by atoms with van der Waals surface area (Å²) in [6, 6.07) is 11.6. The second-order valence-corrected chi connectivity index (χ2v) is 7.99. The number of hydrogen-bond donors (Lipinski definition) is 2. The minimum Gasteiger partial charge on any atom is -0.497 e. The number of benzene rings is 2. The Morgan fingerprint density at radius 2 is 1.91 bits per heavy atom. The van der Waals surface area contributed by atoms with Crippen LogP contribution in [0.25, 0.3) is 11.0 Å². The maximum atomic E-state index is 10.9. The number of carboxylic acid groups (broad SMARTS) is 1. The molecular formula is C24H28N6O4. The Balaban J connectivity index is 1.70. The molecule has 0 saturated carbocycles. The van der Waals surface area contributed by atoms with Crippen LogP contribution in [0, 0.1) is 0 Å². The van der Waals surface area contributed by atoms with E-state index >= 15 is 0 Å². The van der Waals surface area contributed by atoms with Crippen molar-refractivity contribution in [1.29, 1.82) is 0 Å². The molecule has 0 fully saturated rings. The van der Waals surface area contributed by atoms with Crippen LogP contribution in [-0.2, 0) is 0 Å². The first-order valence-electron chi connectivity index (χ1n) is 11.0. The van der Waals surface area contributed by atoms with Crippen molar-refractivity contribution in [2.24, 2.45) is 5.10 Å². The van der Waals surface area contributed by atoms with E-state index in [1.54, 1.807) is 20.4 Å². The van der Waals surface area contributed by atoms with Crippen molar-refractivity contribution < 1.29 is 19.4 Å². The van der Waals surface area contributed by atoms with Crippen molar-refractivity contribution in [1.82, 2.24) is 20.3 Å². The molecule has 0 radical (unpaired) electrons. The van der Waals surface area contributed by atoms with Gasteiger partial charge in [0, 0.05) is 68.7 Å². The number of rotatable bonds is 9. The molecule has 178 valence electrons. The van der Waals surface area contributed by atoms with Gasteiger partial charge in [-0.05, 0) is 24.6 Å². The zero-order valence-electron chi connectivity index (χ0n) is 19.4. The van der Waals surface area contributed by atoms with Crippen LogP contribution in [0.5, 0.6) is 11.5 Å². The second kappa shape index (κ2) is 10.2. The molecule has 3 aromatic rings. The molecule has 2 aromatic carbocycles. The molecule has 2 heterocycles. The lowest BCUT2D eigenvalue weighted by atomic mass is 10.1. The molecule has 1 aliphatic rings. The summed E-state index contributed by atoms with van der Waals surface area (Å²) in [6.07, 6.45) is 3.26. The summed E-state index contributed by atoms with van der Waals surface area (Å²) in [4.78, 5) is 22.4. The summed E-state index contributed by atoms with van der Waals surface area (Å²) in [5.74, 6) is 1.43. The normalized spacial score (nSPS) is 14.9. The largest absolute Gasteiger partial charge is 0.497 e. The Morgan fingerprint density at radius 3 is 2.56 bits per heavy atom. The smallest absolute Gasteiger partial charge is 0.404 e. The van der Waals surface area contributed by atoms with E-state index < -0.39 is 6.09 Å². The van der Waals surface area contributed by atoms with Crippen molar-refractivity contribution in [2.45, 2.75) is 12.3 Å². The maximum Gasteiger partial charge on any atom is 0.404 e. The van der Waals surface area contributed by atoms with Crippen LogP contribution in [0.15, 0.2) is 47.7 Å². The second-order valence-electron chi connectivity index (χ2n) is 7.99. The number of ether oxygens (including phenoxy) is 2. The Hall–Kier alpha value is -4.08. The zero-order valence-corrected chi connectivity index (χ0v) is 19.4. The lowest BCUT2D eigenvalue weighted by molar-refractivity contribution is 0.194. The van der Waals surface area contributed by atoms with Crippen LogP contribution in [-0.4, -0.2) is 73.3 Å². The van der Waals surface area contributed by atoms with Gasteiger partial charge in [-0.1, -0.05) is 0 Å². The Morgan fingerprint density at radius 1 is 1.15 bits per heavy atom. The van der Waals surface area contributed by atoms with Gasteiger partial charge in [0.05, 0.1) is 36.9 Å². The third-order valence-corrected chi connectivity index (χ3v) is 5.62. The first-order chi connectivity index (χ1) is 16.5. The van der Waals surface area contributed by atoms with Gasteiger partial charge in [0.25, 0.3) is 0 Å². The number of hydrogen-bond acceptors (Lipinski definition) is 8. The number of nitrogens with zero attached hydrogens (tertiary/aromatic N) is 5. The molecule has 1 amide bonds. The molecule has 0 saturated heterocycles. The molecule has 1 atom stereocenters. The fourth-order valence-corrected chi connectivity index (χ4v) is 3.89. The van der Waals surface area contributed by atoms with E-state index in [1.807, 2.05) is 54.7 Å². The third kappa shape index (κ3) is 5.28. The van der Waals surface area contributed by atoms with Crippen LogP contribution in [0.1, 0.15) is 18.0 Å². The van der Waals surface area contributed by atoms with Crippen molar-refractivity contribution in [3.8, 4) is 11.5 Å². The number of nitrogens with one attached hydrogen (secondary N) is 1. The Labute approximate surface area is 197 Å². The molecule has 0 bridgehead atoms. The number of methoxy groups -OCH3 is 2. The number of hydrazone groups is 1. The predicted molar refractivity (Wildman–Crippen MR) is 131 cm³/mol.